The highest BCUT2D eigenvalue weighted by molar-refractivity contribution is 7.19. The largest absolute Gasteiger partial charge is 0.481 e. The van der Waals surface area contributed by atoms with Crippen LogP contribution in [-0.4, -0.2) is 21.0 Å². The Morgan fingerprint density at radius 1 is 1.33 bits per heavy atom. The van der Waals surface area contributed by atoms with Crippen LogP contribution in [0, 0.1) is 0 Å². The van der Waals surface area contributed by atoms with Gasteiger partial charge in [0.15, 0.2) is 6.39 Å². The number of nitrogens with zero attached hydrogens (tertiary/aromatic N) is 2. The van der Waals surface area contributed by atoms with Gasteiger partial charge >= 0.3 is 5.97 Å². The smallest absolute Gasteiger partial charge is 0.307 e. The molecular formula is C18H18N2O3S. The van der Waals surface area contributed by atoms with Crippen molar-refractivity contribution < 1.29 is 14.3 Å². The predicted octanol–water partition coefficient (Wildman–Crippen LogP) is 4.60. The normalized spacial score (nSPS) is 12.7. The molecule has 0 spiro atoms. The van der Waals surface area contributed by atoms with Crippen molar-refractivity contribution in [3.8, 4) is 0 Å². The van der Waals surface area contributed by atoms with E-state index >= 15 is 0 Å². The van der Waals surface area contributed by atoms with Crippen molar-refractivity contribution in [1.29, 1.82) is 0 Å². The number of aliphatic carboxylic acids is 1. The van der Waals surface area contributed by atoms with Gasteiger partial charge in [-0.05, 0) is 18.2 Å². The summed E-state index contributed by atoms with van der Waals surface area (Å²) in [5.74, 6) is -0.173. The summed E-state index contributed by atoms with van der Waals surface area (Å²) in [6.07, 6.45) is 3.05. The van der Waals surface area contributed by atoms with Crippen molar-refractivity contribution in [1.82, 2.24) is 9.97 Å². The number of carboxylic acid groups (broad SMARTS) is 1. The topological polar surface area (TPSA) is 76.2 Å². The average Bonchev–Trinajstić information content (AvgIpc) is 3.11. The van der Waals surface area contributed by atoms with E-state index in [9.17, 15) is 9.90 Å². The molecule has 5 nitrogen and oxygen atoms in total. The summed E-state index contributed by atoms with van der Waals surface area (Å²) in [5.41, 5.74) is 1.93. The fourth-order valence-electron chi connectivity index (χ4n) is 2.44. The number of aromatic nitrogens is 2. The molecule has 6 heteroatoms. The Bertz CT molecular complexity index is 883. The maximum absolute atomic E-state index is 11.3. The molecule has 1 aromatic carbocycles. The molecule has 0 bridgehead atoms. The molecule has 24 heavy (non-hydrogen) atoms. The van der Waals surface area contributed by atoms with Crippen LogP contribution >= 0.6 is 11.3 Å². The Labute approximate surface area is 143 Å². The van der Waals surface area contributed by atoms with Gasteiger partial charge in [-0.25, -0.2) is 9.97 Å². The van der Waals surface area contributed by atoms with Crippen LogP contribution in [0.3, 0.4) is 0 Å². The number of carboxylic acids is 1. The summed E-state index contributed by atoms with van der Waals surface area (Å²) in [4.78, 5) is 20.1. The number of carbonyl (C=O) groups is 1. The zero-order valence-corrected chi connectivity index (χ0v) is 14.6. The number of para-hydroxylation sites is 1. The van der Waals surface area contributed by atoms with Crippen LogP contribution in [0.2, 0.25) is 0 Å². The van der Waals surface area contributed by atoms with Crippen LogP contribution in [0.25, 0.3) is 21.9 Å². The number of benzene rings is 1. The molecule has 124 valence electrons. The SMILES string of the molecule is CC(C)(C)c1ocnc1/C=C(\CC(=O)O)c1nc2ccccc2s1. The van der Waals surface area contributed by atoms with Gasteiger partial charge in [-0.3, -0.25) is 4.79 Å². The molecule has 0 saturated heterocycles. The molecule has 0 aliphatic heterocycles. The summed E-state index contributed by atoms with van der Waals surface area (Å²) in [6, 6.07) is 7.76. The van der Waals surface area contributed by atoms with Crippen LogP contribution in [0.1, 0.15) is 43.7 Å². The first-order chi connectivity index (χ1) is 11.3. The van der Waals surface area contributed by atoms with Gasteiger partial charge in [0.1, 0.15) is 16.5 Å². The third-order valence-electron chi connectivity index (χ3n) is 3.50. The van der Waals surface area contributed by atoms with E-state index in [1.165, 1.54) is 17.7 Å². The van der Waals surface area contributed by atoms with Crippen LogP contribution in [0.5, 0.6) is 0 Å². The third-order valence-corrected chi connectivity index (χ3v) is 4.61. The van der Waals surface area contributed by atoms with Crippen molar-refractivity contribution in [2.24, 2.45) is 0 Å². The van der Waals surface area contributed by atoms with Crippen LogP contribution in [0.15, 0.2) is 35.1 Å². The molecule has 2 aromatic heterocycles. The van der Waals surface area contributed by atoms with Gasteiger partial charge in [0.05, 0.1) is 16.6 Å². The first kappa shape index (κ1) is 16.4. The predicted molar refractivity (Wildman–Crippen MR) is 94.9 cm³/mol. The number of hydrogen-bond donors (Lipinski definition) is 1. The van der Waals surface area contributed by atoms with Crippen molar-refractivity contribution >= 4 is 39.2 Å². The highest BCUT2D eigenvalue weighted by Gasteiger charge is 2.23. The lowest BCUT2D eigenvalue weighted by Gasteiger charge is -2.15. The molecule has 0 aliphatic rings. The molecule has 3 aromatic rings. The third kappa shape index (κ3) is 3.38. The van der Waals surface area contributed by atoms with Crippen LogP contribution < -0.4 is 0 Å². The first-order valence-electron chi connectivity index (χ1n) is 7.57. The fraction of sp³-hybridized carbons (Fsp3) is 0.278. The number of rotatable bonds is 4. The highest BCUT2D eigenvalue weighted by Crippen LogP contribution is 2.32. The number of oxazole rings is 1. The maximum Gasteiger partial charge on any atom is 0.307 e. The monoisotopic (exact) mass is 342 g/mol. The van der Waals surface area contributed by atoms with Crippen LogP contribution in [0.4, 0.5) is 0 Å². The van der Waals surface area contributed by atoms with Gasteiger partial charge < -0.3 is 9.52 Å². The molecule has 1 N–H and O–H groups in total. The first-order valence-corrected chi connectivity index (χ1v) is 8.38. The second-order valence-corrected chi connectivity index (χ2v) is 7.57. The number of hydrogen-bond acceptors (Lipinski definition) is 5. The molecule has 2 heterocycles. The zero-order chi connectivity index (χ0) is 17.3. The Balaban J connectivity index is 2.10. The summed E-state index contributed by atoms with van der Waals surface area (Å²) >= 11 is 1.48. The van der Waals surface area contributed by atoms with E-state index in [-0.39, 0.29) is 11.8 Å². The lowest BCUT2D eigenvalue weighted by Crippen LogP contribution is -2.11. The molecule has 0 saturated carbocycles. The minimum absolute atomic E-state index is 0.115. The maximum atomic E-state index is 11.3. The van der Waals surface area contributed by atoms with E-state index in [1.54, 1.807) is 6.08 Å². The average molecular weight is 342 g/mol. The van der Waals surface area contributed by atoms with E-state index in [2.05, 4.69) is 9.97 Å². The molecule has 3 rings (SSSR count). The molecule has 0 atom stereocenters. The Morgan fingerprint density at radius 2 is 2.08 bits per heavy atom. The Hall–Kier alpha value is -2.47. The second kappa shape index (κ2) is 6.20. The second-order valence-electron chi connectivity index (χ2n) is 6.54. The van der Waals surface area contributed by atoms with Gasteiger partial charge in [0, 0.05) is 11.0 Å². The molecule has 0 amide bonds. The van der Waals surface area contributed by atoms with E-state index in [1.807, 2.05) is 45.0 Å². The highest BCUT2D eigenvalue weighted by atomic mass is 32.1. The van der Waals surface area contributed by atoms with Crippen molar-refractivity contribution in [3.63, 3.8) is 0 Å². The molecule has 0 aliphatic carbocycles. The molecule has 0 radical (unpaired) electrons. The summed E-state index contributed by atoms with van der Waals surface area (Å²) in [6.45, 7) is 6.08. The van der Waals surface area contributed by atoms with Gasteiger partial charge in [-0.2, -0.15) is 0 Å². The summed E-state index contributed by atoms with van der Waals surface area (Å²) in [7, 11) is 0. The molecule has 0 unspecified atom stereocenters. The van der Waals surface area contributed by atoms with E-state index in [0.717, 1.165) is 16.0 Å². The molecular weight excluding hydrogens is 324 g/mol. The van der Waals surface area contributed by atoms with Gasteiger partial charge in [-0.1, -0.05) is 32.9 Å². The Kier molecular flexibility index (Phi) is 4.24. The number of thiazole rings is 1. The van der Waals surface area contributed by atoms with Gasteiger partial charge in [-0.15, -0.1) is 11.3 Å². The minimum Gasteiger partial charge on any atom is -0.481 e. The van der Waals surface area contributed by atoms with Gasteiger partial charge in [0.2, 0.25) is 0 Å². The fourth-order valence-corrected chi connectivity index (χ4v) is 3.42. The zero-order valence-electron chi connectivity index (χ0n) is 13.7. The van der Waals surface area contributed by atoms with Gasteiger partial charge in [0.25, 0.3) is 0 Å². The van der Waals surface area contributed by atoms with Crippen molar-refractivity contribution in [2.45, 2.75) is 32.6 Å². The standard InChI is InChI=1S/C18H18N2O3S/c1-18(2,3)16-13(19-10-23-16)8-11(9-15(21)22)17-20-12-6-4-5-7-14(12)24-17/h4-8,10H,9H2,1-3H3,(H,21,22)/b11-8+. The van der Waals surface area contributed by atoms with E-state index < -0.39 is 5.97 Å². The van der Waals surface area contributed by atoms with E-state index in [4.69, 9.17) is 4.42 Å². The minimum atomic E-state index is -0.902. The van der Waals surface area contributed by atoms with Crippen molar-refractivity contribution in [3.05, 3.63) is 47.1 Å². The van der Waals surface area contributed by atoms with Crippen molar-refractivity contribution in [2.75, 3.05) is 0 Å². The summed E-state index contributed by atoms with van der Waals surface area (Å²) < 4.78 is 6.54. The van der Waals surface area contributed by atoms with Crippen LogP contribution in [-0.2, 0) is 10.2 Å². The number of fused-ring (bicyclic) bond motifs is 1. The lowest BCUT2D eigenvalue weighted by molar-refractivity contribution is -0.135. The van der Waals surface area contributed by atoms with E-state index in [0.29, 0.717) is 16.3 Å². The quantitative estimate of drug-likeness (QED) is 0.750. The summed E-state index contributed by atoms with van der Waals surface area (Å²) in [5, 5.41) is 9.97. The molecule has 0 fully saturated rings. The Morgan fingerprint density at radius 3 is 2.75 bits per heavy atom. The lowest BCUT2D eigenvalue weighted by atomic mass is 9.91.